The lowest BCUT2D eigenvalue weighted by Gasteiger charge is -2.19. The van der Waals surface area contributed by atoms with Crippen LogP contribution in [-0.2, 0) is 4.79 Å². The van der Waals surface area contributed by atoms with Gasteiger partial charge in [-0.1, -0.05) is 73.6 Å². The van der Waals surface area contributed by atoms with Crippen LogP contribution in [0.5, 0.6) is 0 Å². The van der Waals surface area contributed by atoms with Crippen LogP contribution in [0.1, 0.15) is 36.9 Å². The fraction of sp³-hybridized carbons (Fsp3) is 0.231. The van der Waals surface area contributed by atoms with Crippen LogP contribution in [0.15, 0.2) is 82.9 Å². The summed E-state index contributed by atoms with van der Waals surface area (Å²) in [4.78, 5) is 35.3. The van der Waals surface area contributed by atoms with Gasteiger partial charge >= 0.3 is 0 Å². The molecule has 7 heteroatoms. The minimum atomic E-state index is -0.201. The summed E-state index contributed by atoms with van der Waals surface area (Å²) in [5.74, 6) is 0.525. The van der Waals surface area contributed by atoms with Crippen molar-refractivity contribution in [3.63, 3.8) is 0 Å². The number of hydrogen-bond acceptors (Lipinski definition) is 5. The molecule has 33 heavy (non-hydrogen) atoms. The third kappa shape index (κ3) is 5.31. The summed E-state index contributed by atoms with van der Waals surface area (Å²) < 4.78 is 1.49. The molecule has 0 fully saturated rings. The van der Waals surface area contributed by atoms with Crippen LogP contribution in [0.4, 0.5) is 0 Å². The molecule has 2 aromatic heterocycles. The number of para-hydroxylation sites is 1. The standard InChI is InChI=1S/C26H26N4O2S/c1-3-9-21(19-10-5-4-6-11-19)28-24(31)17-33-26-29-22-13-8-7-12-20(22)25(32)30(26)23-15-14-18(2)16-27-23/h4-8,10-16,21H,3,9,17H2,1-2H3,(H,28,31). The van der Waals surface area contributed by atoms with E-state index in [-0.39, 0.29) is 23.3 Å². The number of hydrogen-bond donors (Lipinski definition) is 1. The molecule has 0 saturated carbocycles. The Morgan fingerprint density at radius 1 is 1.06 bits per heavy atom. The van der Waals surface area contributed by atoms with Gasteiger partial charge in [-0.2, -0.15) is 0 Å². The molecule has 1 unspecified atom stereocenters. The third-order valence-corrected chi connectivity index (χ3v) is 6.26. The molecule has 0 saturated heterocycles. The quantitative estimate of drug-likeness (QED) is 0.302. The summed E-state index contributed by atoms with van der Waals surface area (Å²) in [6.45, 7) is 4.04. The molecular formula is C26H26N4O2S. The van der Waals surface area contributed by atoms with Crippen molar-refractivity contribution in [2.45, 2.75) is 37.9 Å². The first-order valence-corrected chi connectivity index (χ1v) is 12.0. The smallest absolute Gasteiger partial charge is 0.267 e. The van der Waals surface area contributed by atoms with Crippen molar-refractivity contribution in [1.82, 2.24) is 19.9 Å². The topological polar surface area (TPSA) is 76.9 Å². The predicted octanol–water partition coefficient (Wildman–Crippen LogP) is 4.84. The average Bonchev–Trinajstić information content (AvgIpc) is 2.84. The van der Waals surface area contributed by atoms with Gasteiger partial charge in [-0.3, -0.25) is 9.59 Å². The number of rotatable bonds is 8. The zero-order valence-corrected chi connectivity index (χ0v) is 19.5. The number of aromatic nitrogens is 3. The molecule has 168 valence electrons. The second-order valence-electron chi connectivity index (χ2n) is 7.85. The van der Waals surface area contributed by atoms with Gasteiger partial charge in [0, 0.05) is 6.20 Å². The van der Waals surface area contributed by atoms with E-state index in [0.29, 0.717) is 21.9 Å². The molecule has 0 aliphatic rings. The summed E-state index contributed by atoms with van der Waals surface area (Å²) >= 11 is 1.24. The number of carbonyl (C=O) groups is 1. The summed E-state index contributed by atoms with van der Waals surface area (Å²) in [6.07, 6.45) is 3.53. The molecule has 4 rings (SSSR count). The van der Waals surface area contributed by atoms with Crippen LogP contribution in [0.3, 0.4) is 0 Å². The van der Waals surface area contributed by atoms with E-state index in [1.807, 2.05) is 55.5 Å². The molecule has 1 amide bonds. The van der Waals surface area contributed by atoms with Gasteiger partial charge in [0.1, 0.15) is 5.82 Å². The zero-order valence-electron chi connectivity index (χ0n) is 18.7. The number of thioether (sulfide) groups is 1. The fourth-order valence-corrected chi connectivity index (χ4v) is 4.48. The predicted molar refractivity (Wildman–Crippen MR) is 133 cm³/mol. The lowest BCUT2D eigenvalue weighted by atomic mass is 10.0. The third-order valence-electron chi connectivity index (χ3n) is 5.32. The van der Waals surface area contributed by atoms with Crippen LogP contribution < -0.4 is 10.9 Å². The molecule has 4 aromatic rings. The summed E-state index contributed by atoms with van der Waals surface area (Å²) in [7, 11) is 0. The Balaban J connectivity index is 1.61. The summed E-state index contributed by atoms with van der Waals surface area (Å²) in [5.41, 5.74) is 2.48. The maximum absolute atomic E-state index is 13.3. The minimum Gasteiger partial charge on any atom is -0.349 e. The number of nitrogens with one attached hydrogen (secondary N) is 1. The summed E-state index contributed by atoms with van der Waals surface area (Å²) in [6, 6.07) is 20.9. The highest BCUT2D eigenvalue weighted by Gasteiger charge is 2.18. The molecule has 0 spiro atoms. The van der Waals surface area contributed by atoms with Gasteiger partial charge < -0.3 is 5.32 Å². The van der Waals surface area contributed by atoms with E-state index in [1.165, 1.54) is 16.3 Å². The van der Waals surface area contributed by atoms with Gasteiger partial charge in [-0.05, 0) is 42.7 Å². The number of pyridine rings is 1. The van der Waals surface area contributed by atoms with Crippen molar-refractivity contribution in [2.75, 3.05) is 5.75 Å². The van der Waals surface area contributed by atoms with E-state index >= 15 is 0 Å². The molecule has 2 aromatic carbocycles. The van der Waals surface area contributed by atoms with Crippen LogP contribution in [0.2, 0.25) is 0 Å². The van der Waals surface area contributed by atoms with Gasteiger partial charge in [0.05, 0.1) is 22.7 Å². The van der Waals surface area contributed by atoms with Crippen molar-refractivity contribution in [1.29, 1.82) is 0 Å². The maximum atomic E-state index is 13.3. The van der Waals surface area contributed by atoms with Crippen LogP contribution >= 0.6 is 11.8 Å². The molecule has 0 aliphatic carbocycles. The Morgan fingerprint density at radius 2 is 1.82 bits per heavy atom. The molecule has 0 aliphatic heterocycles. The Morgan fingerprint density at radius 3 is 2.55 bits per heavy atom. The highest BCUT2D eigenvalue weighted by atomic mass is 32.2. The van der Waals surface area contributed by atoms with E-state index in [0.717, 1.165) is 24.0 Å². The highest BCUT2D eigenvalue weighted by Crippen LogP contribution is 2.22. The van der Waals surface area contributed by atoms with Crippen LogP contribution in [0.25, 0.3) is 16.7 Å². The minimum absolute atomic E-state index is 0.0465. The largest absolute Gasteiger partial charge is 0.349 e. The molecule has 1 atom stereocenters. The number of amides is 1. The van der Waals surface area contributed by atoms with Gasteiger partial charge in [-0.15, -0.1) is 0 Å². The molecule has 0 radical (unpaired) electrons. The van der Waals surface area contributed by atoms with Gasteiger partial charge in [0.25, 0.3) is 5.56 Å². The van der Waals surface area contributed by atoms with E-state index in [4.69, 9.17) is 0 Å². The van der Waals surface area contributed by atoms with Crippen LogP contribution in [-0.4, -0.2) is 26.2 Å². The number of carbonyl (C=O) groups excluding carboxylic acids is 1. The van der Waals surface area contributed by atoms with Crippen molar-refractivity contribution in [3.8, 4) is 5.82 Å². The Kier molecular flexibility index (Phi) is 7.19. The van der Waals surface area contributed by atoms with Gasteiger partial charge in [-0.25, -0.2) is 14.5 Å². The van der Waals surface area contributed by atoms with E-state index in [1.54, 1.807) is 24.4 Å². The molecule has 2 heterocycles. The molecule has 1 N–H and O–H groups in total. The molecule has 6 nitrogen and oxygen atoms in total. The fourth-order valence-electron chi connectivity index (χ4n) is 3.67. The van der Waals surface area contributed by atoms with Crippen molar-refractivity contribution >= 4 is 28.6 Å². The highest BCUT2D eigenvalue weighted by molar-refractivity contribution is 7.99. The first-order chi connectivity index (χ1) is 16.1. The Hall–Kier alpha value is -3.45. The molecular weight excluding hydrogens is 432 g/mol. The molecule has 0 bridgehead atoms. The second-order valence-corrected chi connectivity index (χ2v) is 8.80. The summed E-state index contributed by atoms with van der Waals surface area (Å²) in [5, 5.41) is 4.09. The number of nitrogens with zero attached hydrogens (tertiary/aromatic N) is 3. The zero-order chi connectivity index (χ0) is 23.2. The number of aryl methyl sites for hydroxylation is 1. The Labute approximate surface area is 197 Å². The van der Waals surface area contributed by atoms with Gasteiger partial charge in [0.15, 0.2) is 5.16 Å². The maximum Gasteiger partial charge on any atom is 0.267 e. The lowest BCUT2D eigenvalue weighted by molar-refractivity contribution is -0.119. The first-order valence-electron chi connectivity index (χ1n) is 11.0. The first kappa shape index (κ1) is 22.7. The van der Waals surface area contributed by atoms with Crippen molar-refractivity contribution < 1.29 is 4.79 Å². The van der Waals surface area contributed by atoms with E-state index in [2.05, 4.69) is 22.2 Å². The Bertz CT molecular complexity index is 1300. The normalized spacial score (nSPS) is 11.9. The average molecular weight is 459 g/mol. The van der Waals surface area contributed by atoms with E-state index < -0.39 is 0 Å². The SMILES string of the molecule is CCCC(NC(=O)CSc1nc2ccccc2c(=O)n1-c1ccc(C)cn1)c1ccccc1. The van der Waals surface area contributed by atoms with Crippen molar-refractivity contribution in [3.05, 3.63) is 94.4 Å². The van der Waals surface area contributed by atoms with Crippen molar-refractivity contribution in [2.24, 2.45) is 0 Å². The van der Waals surface area contributed by atoms with Gasteiger partial charge in [0.2, 0.25) is 5.91 Å². The monoisotopic (exact) mass is 458 g/mol. The second kappa shape index (κ2) is 10.4. The van der Waals surface area contributed by atoms with Crippen LogP contribution in [0, 0.1) is 6.92 Å². The number of fused-ring (bicyclic) bond motifs is 1. The van der Waals surface area contributed by atoms with E-state index in [9.17, 15) is 9.59 Å². The number of benzene rings is 2. The lowest BCUT2D eigenvalue weighted by Crippen LogP contribution is -2.30.